The van der Waals surface area contributed by atoms with Crippen LogP contribution in [0.4, 0.5) is 0 Å². The van der Waals surface area contributed by atoms with E-state index in [9.17, 15) is 0 Å². The lowest BCUT2D eigenvalue weighted by molar-refractivity contribution is 0.156. The van der Waals surface area contributed by atoms with Gasteiger partial charge in [0, 0.05) is 43.9 Å². The summed E-state index contributed by atoms with van der Waals surface area (Å²) < 4.78 is 11.6. The van der Waals surface area contributed by atoms with Gasteiger partial charge in [-0.05, 0) is 51.0 Å². The van der Waals surface area contributed by atoms with Crippen LogP contribution in [0, 0.1) is 5.41 Å². The first-order chi connectivity index (χ1) is 13.3. The number of pyridine rings is 1. The van der Waals surface area contributed by atoms with Crippen molar-refractivity contribution in [2.45, 2.75) is 58.1 Å². The highest BCUT2D eigenvalue weighted by Gasteiger charge is 2.42. The Morgan fingerprint density at radius 3 is 2.96 bits per heavy atom. The Bertz CT molecular complexity index is 634. The predicted octanol–water partition coefficient (Wildman–Crippen LogP) is 2.98. The molecule has 6 nitrogen and oxygen atoms in total. The van der Waals surface area contributed by atoms with Crippen molar-refractivity contribution in [3.05, 3.63) is 23.9 Å². The number of ether oxygens (including phenoxy) is 2. The first-order valence-corrected chi connectivity index (χ1v) is 10.5. The van der Waals surface area contributed by atoms with Gasteiger partial charge in [-0.2, -0.15) is 0 Å². The van der Waals surface area contributed by atoms with E-state index in [0.717, 1.165) is 63.1 Å². The van der Waals surface area contributed by atoms with Crippen molar-refractivity contribution in [1.29, 1.82) is 0 Å². The first kappa shape index (κ1) is 18.5. The van der Waals surface area contributed by atoms with Crippen LogP contribution >= 0.6 is 0 Å². The highest BCUT2D eigenvalue weighted by Crippen LogP contribution is 2.38. The second-order valence-electron chi connectivity index (χ2n) is 8.17. The van der Waals surface area contributed by atoms with Crippen LogP contribution < -0.4 is 10.1 Å². The minimum absolute atomic E-state index is 0.344. The monoisotopic (exact) mass is 372 g/mol. The van der Waals surface area contributed by atoms with Crippen molar-refractivity contribution in [3.8, 4) is 5.88 Å². The van der Waals surface area contributed by atoms with Crippen LogP contribution in [-0.2, 0) is 11.3 Å². The third-order valence-corrected chi connectivity index (χ3v) is 6.06. The summed E-state index contributed by atoms with van der Waals surface area (Å²) in [6.45, 7) is 7.55. The number of rotatable bonds is 5. The van der Waals surface area contributed by atoms with Gasteiger partial charge in [0.1, 0.15) is 6.10 Å². The normalized spacial score (nSPS) is 26.3. The van der Waals surface area contributed by atoms with Gasteiger partial charge in [-0.1, -0.05) is 6.07 Å². The topological polar surface area (TPSA) is 59.0 Å². The largest absolute Gasteiger partial charge is 0.474 e. The third-order valence-electron chi connectivity index (χ3n) is 6.06. The highest BCUT2D eigenvalue weighted by molar-refractivity contribution is 5.80. The van der Waals surface area contributed by atoms with Crippen molar-refractivity contribution in [1.82, 2.24) is 15.2 Å². The third kappa shape index (κ3) is 4.54. The molecular formula is C21H32N4O2. The van der Waals surface area contributed by atoms with E-state index in [2.05, 4.69) is 28.2 Å². The molecule has 0 radical (unpaired) electrons. The molecule has 1 aliphatic carbocycles. The number of nitrogens with zero attached hydrogens (tertiary/aromatic N) is 3. The zero-order chi connectivity index (χ0) is 18.5. The molecule has 1 atom stereocenters. The number of guanidine groups is 1. The molecule has 3 heterocycles. The molecule has 4 rings (SSSR count). The van der Waals surface area contributed by atoms with Gasteiger partial charge in [0.15, 0.2) is 5.96 Å². The molecule has 148 valence electrons. The van der Waals surface area contributed by atoms with E-state index in [-0.39, 0.29) is 0 Å². The van der Waals surface area contributed by atoms with Gasteiger partial charge in [0.05, 0.1) is 13.2 Å². The Hall–Kier alpha value is -1.82. The van der Waals surface area contributed by atoms with Crippen LogP contribution in [0.1, 0.15) is 51.0 Å². The lowest BCUT2D eigenvalue weighted by Crippen LogP contribution is -2.41. The molecule has 1 spiro atoms. The van der Waals surface area contributed by atoms with Gasteiger partial charge in [-0.15, -0.1) is 0 Å². The van der Waals surface area contributed by atoms with Gasteiger partial charge >= 0.3 is 0 Å². The summed E-state index contributed by atoms with van der Waals surface area (Å²) >= 11 is 0. The molecule has 1 aromatic heterocycles. The molecule has 0 amide bonds. The zero-order valence-corrected chi connectivity index (χ0v) is 16.5. The minimum atomic E-state index is 0.344. The fourth-order valence-electron chi connectivity index (χ4n) is 4.43. The molecule has 1 unspecified atom stereocenters. The Kier molecular flexibility index (Phi) is 5.81. The van der Waals surface area contributed by atoms with E-state index in [4.69, 9.17) is 14.5 Å². The predicted molar refractivity (Wildman–Crippen MR) is 106 cm³/mol. The van der Waals surface area contributed by atoms with Crippen molar-refractivity contribution >= 4 is 5.96 Å². The standard InChI is InChI=1S/C21H32N4O2/c1-2-22-20(25-11-9-21(15-25)10-12-26-16-21)24-14-17-7-8-19(23-13-17)27-18-5-3-4-6-18/h7-8,13,18H,2-6,9-12,14-16H2,1H3,(H,22,24). The summed E-state index contributed by atoms with van der Waals surface area (Å²) in [5, 5.41) is 3.45. The van der Waals surface area contributed by atoms with Crippen LogP contribution in [0.25, 0.3) is 0 Å². The Morgan fingerprint density at radius 1 is 1.37 bits per heavy atom. The molecule has 1 aromatic rings. The minimum Gasteiger partial charge on any atom is -0.474 e. The maximum atomic E-state index is 5.95. The average molecular weight is 373 g/mol. The van der Waals surface area contributed by atoms with Crippen molar-refractivity contribution < 1.29 is 9.47 Å². The highest BCUT2D eigenvalue weighted by atomic mass is 16.5. The fourth-order valence-corrected chi connectivity index (χ4v) is 4.43. The molecule has 2 aliphatic heterocycles. The summed E-state index contributed by atoms with van der Waals surface area (Å²) in [7, 11) is 0. The quantitative estimate of drug-likeness (QED) is 0.636. The van der Waals surface area contributed by atoms with Crippen LogP contribution in [0.3, 0.4) is 0 Å². The maximum Gasteiger partial charge on any atom is 0.213 e. The number of likely N-dealkylation sites (tertiary alicyclic amines) is 1. The van der Waals surface area contributed by atoms with Crippen molar-refractivity contribution in [2.24, 2.45) is 10.4 Å². The van der Waals surface area contributed by atoms with Crippen LogP contribution in [0.5, 0.6) is 5.88 Å². The average Bonchev–Trinajstić information content (AvgIpc) is 3.44. The van der Waals surface area contributed by atoms with Gasteiger partial charge < -0.3 is 19.7 Å². The Morgan fingerprint density at radius 2 is 2.26 bits per heavy atom. The fraction of sp³-hybridized carbons (Fsp3) is 0.714. The second-order valence-corrected chi connectivity index (χ2v) is 8.17. The van der Waals surface area contributed by atoms with Crippen molar-refractivity contribution in [2.75, 3.05) is 32.8 Å². The van der Waals surface area contributed by atoms with Crippen LogP contribution in [-0.4, -0.2) is 54.8 Å². The number of hydrogen-bond donors (Lipinski definition) is 1. The molecular weight excluding hydrogens is 340 g/mol. The molecule has 0 bridgehead atoms. The molecule has 3 aliphatic rings. The van der Waals surface area contributed by atoms with E-state index in [1.54, 1.807) is 0 Å². The van der Waals surface area contributed by atoms with E-state index in [1.807, 2.05) is 12.3 Å². The lowest BCUT2D eigenvalue weighted by Gasteiger charge is -2.25. The van der Waals surface area contributed by atoms with Gasteiger partial charge in [0.25, 0.3) is 0 Å². The summed E-state index contributed by atoms with van der Waals surface area (Å²) in [5.74, 6) is 1.75. The number of nitrogens with one attached hydrogen (secondary N) is 1. The number of aromatic nitrogens is 1. The van der Waals surface area contributed by atoms with Gasteiger partial charge in [-0.25, -0.2) is 9.98 Å². The SMILES string of the molecule is CCNC(=NCc1ccc(OC2CCCC2)nc1)N1CCC2(CCOC2)C1. The maximum absolute atomic E-state index is 5.95. The van der Waals surface area contributed by atoms with Gasteiger partial charge in [-0.3, -0.25) is 0 Å². The molecule has 2 saturated heterocycles. The first-order valence-electron chi connectivity index (χ1n) is 10.5. The van der Waals surface area contributed by atoms with E-state index in [1.165, 1.54) is 25.7 Å². The molecule has 6 heteroatoms. The molecule has 27 heavy (non-hydrogen) atoms. The zero-order valence-electron chi connectivity index (χ0n) is 16.5. The van der Waals surface area contributed by atoms with Crippen molar-refractivity contribution in [3.63, 3.8) is 0 Å². The van der Waals surface area contributed by atoms with Crippen LogP contribution in [0.15, 0.2) is 23.3 Å². The summed E-state index contributed by atoms with van der Waals surface area (Å²) in [5.41, 5.74) is 1.46. The smallest absolute Gasteiger partial charge is 0.213 e. The van der Waals surface area contributed by atoms with Crippen LogP contribution in [0.2, 0.25) is 0 Å². The Labute approximate surface area is 162 Å². The summed E-state index contributed by atoms with van der Waals surface area (Å²) in [4.78, 5) is 11.7. The van der Waals surface area contributed by atoms with E-state index >= 15 is 0 Å². The summed E-state index contributed by atoms with van der Waals surface area (Å²) in [6, 6.07) is 4.07. The number of hydrogen-bond acceptors (Lipinski definition) is 4. The summed E-state index contributed by atoms with van der Waals surface area (Å²) in [6.07, 6.45) is 9.48. The van der Waals surface area contributed by atoms with E-state index < -0.39 is 0 Å². The number of aliphatic imine (C=N–C) groups is 1. The molecule has 3 fully saturated rings. The van der Waals surface area contributed by atoms with Gasteiger partial charge in [0.2, 0.25) is 5.88 Å². The molecule has 1 N–H and O–H groups in total. The van der Waals surface area contributed by atoms with E-state index in [0.29, 0.717) is 18.1 Å². The lowest BCUT2D eigenvalue weighted by atomic mass is 9.87. The molecule has 1 saturated carbocycles. The Balaban J connectivity index is 1.35. The molecule has 0 aromatic carbocycles. The second kappa shape index (κ2) is 8.46.